The fourth-order valence-corrected chi connectivity index (χ4v) is 6.75. The van der Waals surface area contributed by atoms with Crippen molar-refractivity contribution >= 4 is 98.0 Å². The lowest BCUT2D eigenvalue weighted by Gasteiger charge is -2.11. The van der Waals surface area contributed by atoms with Crippen LogP contribution < -0.4 is 32.4 Å². The summed E-state index contributed by atoms with van der Waals surface area (Å²) in [5.74, 6) is -0.827. The number of phenolic OH excluding ortho intramolecular Hbond substituents is 1. The number of benzene rings is 5. The third-order valence-corrected chi connectivity index (χ3v) is 10.2. The summed E-state index contributed by atoms with van der Waals surface area (Å²) in [6, 6.07) is 11.4. The number of nitrogens with zero attached hydrogens (tertiary/aromatic N) is 6. The number of azo groups is 3. The number of ether oxygens (including phenoxy) is 2. The maximum Gasteiger partial charge on any atom is 0.296 e. The van der Waals surface area contributed by atoms with Gasteiger partial charge in [-0.25, -0.2) is 0 Å². The number of nitrogens with two attached hydrogens (primary N) is 4. The fraction of sp³-hybridized carbons (Fsp3) is 0.0667. The zero-order valence-corrected chi connectivity index (χ0v) is 30.5. The van der Waals surface area contributed by atoms with Gasteiger partial charge in [-0.1, -0.05) is 6.07 Å². The van der Waals surface area contributed by atoms with Crippen molar-refractivity contribution < 1.29 is 53.5 Å². The molecule has 0 amide bonds. The first-order valence-corrected chi connectivity index (χ1v) is 19.1. The van der Waals surface area contributed by atoms with E-state index in [4.69, 9.17) is 32.4 Å². The lowest BCUT2D eigenvalue weighted by molar-refractivity contribution is 0.405. The van der Waals surface area contributed by atoms with E-state index >= 15 is 0 Å². The van der Waals surface area contributed by atoms with Crippen LogP contribution in [0.1, 0.15) is 0 Å². The molecule has 0 aliphatic heterocycles. The number of methoxy groups -OCH3 is 2. The van der Waals surface area contributed by atoms with Crippen LogP contribution in [0.4, 0.5) is 56.9 Å². The summed E-state index contributed by atoms with van der Waals surface area (Å²) in [7, 11) is -12.0. The fourth-order valence-electron chi connectivity index (χ4n) is 4.86. The monoisotopic (exact) mass is 816 g/mol. The highest BCUT2D eigenvalue weighted by Crippen LogP contribution is 2.45. The first-order chi connectivity index (χ1) is 25.6. The number of anilines is 4. The van der Waals surface area contributed by atoms with Gasteiger partial charge in [0, 0.05) is 17.5 Å². The predicted molar refractivity (Wildman–Crippen MR) is 198 cm³/mol. The van der Waals surface area contributed by atoms with Crippen LogP contribution in [0, 0.1) is 0 Å². The molecule has 0 spiro atoms. The van der Waals surface area contributed by atoms with Gasteiger partial charge >= 0.3 is 0 Å². The van der Waals surface area contributed by atoms with E-state index in [9.17, 15) is 44.0 Å². The van der Waals surface area contributed by atoms with E-state index in [0.717, 1.165) is 30.3 Å². The maximum atomic E-state index is 12.4. The van der Waals surface area contributed by atoms with Gasteiger partial charge in [0.1, 0.15) is 54.6 Å². The molecule has 55 heavy (non-hydrogen) atoms. The predicted octanol–water partition coefficient (Wildman–Crippen LogP) is 5.88. The Labute approximate surface area is 311 Å². The lowest BCUT2D eigenvalue weighted by atomic mass is 10.1. The highest BCUT2D eigenvalue weighted by Gasteiger charge is 2.23. The Kier molecular flexibility index (Phi) is 10.6. The lowest BCUT2D eigenvalue weighted by Crippen LogP contribution is -2.04. The topological polar surface area (TPSA) is 380 Å². The van der Waals surface area contributed by atoms with E-state index in [1.54, 1.807) is 0 Å². The Morgan fingerprint density at radius 1 is 0.509 bits per heavy atom. The molecule has 5 aromatic rings. The van der Waals surface area contributed by atoms with Crippen molar-refractivity contribution in [3.63, 3.8) is 0 Å². The van der Waals surface area contributed by atoms with Crippen LogP contribution in [0.25, 0.3) is 10.8 Å². The second kappa shape index (κ2) is 14.7. The molecule has 0 saturated carbocycles. The molecule has 0 radical (unpaired) electrons. The highest BCUT2D eigenvalue weighted by molar-refractivity contribution is 7.86. The molecule has 0 aromatic heterocycles. The first kappa shape index (κ1) is 39.7. The first-order valence-electron chi connectivity index (χ1n) is 14.7. The van der Waals surface area contributed by atoms with Crippen molar-refractivity contribution in [1.82, 2.24) is 0 Å². The van der Waals surface area contributed by atoms with Gasteiger partial charge in [0.2, 0.25) is 0 Å². The Balaban J connectivity index is 1.57. The quantitative estimate of drug-likeness (QED) is 0.0438. The summed E-state index contributed by atoms with van der Waals surface area (Å²) in [6.45, 7) is 0. The molecule has 0 bridgehead atoms. The summed E-state index contributed by atoms with van der Waals surface area (Å²) in [4.78, 5) is -2.14. The third kappa shape index (κ3) is 8.51. The second-order valence-electron chi connectivity index (χ2n) is 11.1. The normalized spacial score (nSPS) is 12.7. The van der Waals surface area contributed by atoms with E-state index in [-0.39, 0.29) is 73.5 Å². The molecule has 5 aromatic carbocycles. The Morgan fingerprint density at radius 2 is 0.945 bits per heavy atom. The smallest absolute Gasteiger partial charge is 0.296 e. The number of phenols is 1. The number of rotatable bonds is 11. The van der Waals surface area contributed by atoms with Crippen LogP contribution in [0.3, 0.4) is 0 Å². The largest absolute Gasteiger partial charge is 0.505 e. The summed E-state index contributed by atoms with van der Waals surface area (Å²) in [5.41, 5.74) is 21.1. The van der Waals surface area contributed by atoms with Crippen LogP contribution in [-0.2, 0) is 30.4 Å². The summed E-state index contributed by atoms with van der Waals surface area (Å²) in [6.07, 6.45) is 0. The van der Waals surface area contributed by atoms with Crippen LogP contribution >= 0.6 is 0 Å². The molecule has 0 saturated heterocycles. The van der Waals surface area contributed by atoms with Gasteiger partial charge in [-0.3, -0.25) is 13.7 Å². The van der Waals surface area contributed by atoms with Crippen molar-refractivity contribution in [3.05, 3.63) is 60.7 Å². The summed E-state index contributed by atoms with van der Waals surface area (Å²) >= 11 is 0. The van der Waals surface area contributed by atoms with E-state index in [2.05, 4.69) is 30.7 Å². The van der Waals surface area contributed by atoms with Crippen molar-refractivity contribution in [2.45, 2.75) is 14.7 Å². The molecule has 0 unspecified atom stereocenters. The number of hydrogen-bond acceptors (Lipinski definition) is 19. The molecule has 0 atom stereocenters. The summed E-state index contributed by atoms with van der Waals surface area (Å²) in [5, 5.41) is 35.1. The van der Waals surface area contributed by atoms with Crippen molar-refractivity contribution in [1.29, 1.82) is 0 Å². The number of nitrogen functional groups attached to an aromatic ring is 4. The average Bonchev–Trinajstić information content (AvgIpc) is 3.08. The minimum absolute atomic E-state index is 0.00765. The SMILES string of the molecule is COc1cc(N=Nc2c(S(=O)(=O)O)cc3ccc(N=Nc4cc(S(=O)(=O)O)c(N)cc4N)cc3c2O)c(OC)cc1N=Nc1cc(S(=O)(=O)O)c(N)cc1N. The standard InChI is InChI=1S/C30H28N10O12S3/c1-51-24-10-23(25(52-2)9-22(24)38-37-21-12-27(54(45,46)47)19(34)8-17(21)32)39-40-29-28(55(48,49)50)5-13-3-4-14(6-15(13)30(29)41)35-36-20-11-26(53(42,43)44)18(33)7-16(20)31/h3-12,41H,31-34H2,1-2H3,(H,42,43,44)(H,45,46,47)(H,48,49,50). The van der Waals surface area contributed by atoms with Crippen LogP contribution in [0.2, 0.25) is 0 Å². The van der Waals surface area contributed by atoms with Crippen molar-refractivity contribution in [3.8, 4) is 17.2 Å². The Bertz CT molecular complexity index is 2830. The van der Waals surface area contributed by atoms with Gasteiger partial charge in [0.05, 0.1) is 42.7 Å². The Hall–Kier alpha value is -6.51. The van der Waals surface area contributed by atoms with Gasteiger partial charge in [-0.15, -0.1) is 25.6 Å². The molecule has 0 aliphatic rings. The summed E-state index contributed by atoms with van der Waals surface area (Å²) < 4.78 is 111. The molecule has 5 rings (SSSR count). The van der Waals surface area contributed by atoms with Crippen molar-refractivity contribution in [2.75, 3.05) is 37.2 Å². The van der Waals surface area contributed by atoms with Crippen molar-refractivity contribution in [2.24, 2.45) is 30.7 Å². The molecule has 0 heterocycles. The van der Waals surface area contributed by atoms with Gasteiger partial charge in [-0.2, -0.15) is 30.4 Å². The highest BCUT2D eigenvalue weighted by atomic mass is 32.2. The van der Waals surface area contributed by atoms with E-state index in [1.807, 2.05) is 0 Å². The maximum absolute atomic E-state index is 12.4. The molecule has 12 N–H and O–H groups in total. The zero-order valence-electron chi connectivity index (χ0n) is 28.0. The minimum atomic E-state index is -5.02. The van der Waals surface area contributed by atoms with Crippen LogP contribution in [0.5, 0.6) is 17.2 Å². The van der Waals surface area contributed by atoms with Gasteiger partial charge < -0.3 is 37.5 Å². The van der Waals surface area contributed by atoms with Gasteiger partial charge in [-0.05, 0) is 47.9 Å². The van der Waals surface area contributed by atoms with Gasteiger partial charge in [0.15, 0.2) is 5.75 Å². The van der Waals surface area contributed by atoms with Crippen LogP contribution in [0.15, 0.2) is 106 Å². The number of hydrogen-bond donors (Lipinski definition) is 8. The molecule has 25 heteroatoms. The number of fused-ring (bicyclic) bond motifs is 1. The second-order valence-corrected chi connectivity index (χ2v) is 15.3. The molecule has 288 valence electrons. The molecule has 0 aliphatic carbocycles. The third-order valence-electron chi connectivity index (χ3n) is 7.46. The minimum Gasteiger partial charge on any atom is -0.505 e. The van der Waals surface area contributed by atoms with E-state index in [0.29, 0.717) is 0 Å². The van der Waals surface area contributed by atoms with Crippen LogP contribution in [-0.4, -0.2) is 58.2 Å². The van der Waals surface area contributed by atoms with E-state index < -0.39 is 56.5 Å². The van der Waals surface area contributed by atoms with Gasteiger partial charge in [0.25, 0.3) is 30.4 Å². The molecular formula is C30H28N10O12S3. The number of aromatic hydroxyl groups is 1. The Morgan fingerprint density at radius 3 is 1.40 bits per heavy atom. The molecule has 0 fully saturated rings. The molecular weight excluding hydrogens is 789 g/mol. The average molecular weight is 817 g/mol. The zero-order chi connectivity index (χ0) is 40.6. The van der Waals surface area contributed by atoms with E-state index in [1.165, 1.54) is 44.6 Å². The molecule has 22 nitrogen and oxygen atoms in total.